The molecule has 0 bridgehead atoms. The predicted molar refractivity (Wildman–Crippen MR) is 92.9 cm³/mol. The number of hydrogen-bond donors (Lipinski definition) is 1. The topological polar surface area (TPSA) is 46.5 Å². The first-order valence-corrected chi connectivity index (χ1v) is 7.70. The Labute approximate surface area is 134 Å². The molecule has 0 spiro atoms. The van der Waals surface area contributed by atoms with Crippen molar-refractivity contribution in [2.45, 2.75) is 20.8 Å². The van der Waals surface area contributed by atoms with Gasteiger partial charge in [-0.15, -0.1) is 0 Å². The average Bonchev–Trinajstić information content (AvgIpc) is 3.07. The van der Waals surface area contributed by atoms with Gasteiger partial charge in [-0.2, -0.15) is 5.10 Å². The van der Waals surface area contributed by atoms with E-state index in [1.54, 1.807) is 0 Å². The fourth-order valence-electron chi connectivity index (χ4n) is 3.00. The molecule has 4 nitrogen and oxygen atoms in total. The molecule has 0 radical (unpaired) electrons. The number of aromatic amines is 1. The van der Waals surface area contributed by atoms with E-state index in [0.717, 1.165) is 33.9 Å². The second-order valence-electron chi connectivity index (χ2n) is 5.94. The van der Waals surface area contributed by atoms with Gasteiger partial charge >= 0.3 is 0 Å². The van der Waals surface area contributed by atoms with Crippen LogP contribution >= 0.6 is 0 Å². The summed E-state index contributed by atoms with van der Waals surface area (Å²) in [5.74, 6) is 0.942. The van der Waals surface area contributed by atoms with Crippen LogP contribution in [0.5, 0.6) is 0 Å². The first kappa shape index (κ1) is 13.8. The molecule has 0 atom stereocenters. The highest BCUT2D eigenvalue weighted by Crippen LogP contribution is 2.24. The second-order valence-corrected chi connectivity index (χ2v) is 5.94. The molecule has 2 heterocycles. The lowest BCUT2D eigenvalue weighted by molar-refractivity contribution is 0.834. The van der Waals surface area contributed by atoms with Gasteiger partial charge in [0, 0.05) is 5.69 Å². The van der Waals surface area contributed by atoms with Crippen molar-refractivity contribution in [3.05, 3.63) is 65.7 Å². The van der Waals surface area contributed by atoms with Crippen molar-refractivity contribution in [2.24, 2.45) is 0 Å². The maximum Gasteiger partial charge on any atom is 0.104 e. The smallest absolute Gasteiger partial charge is 0.104 e. The Balaban J connectivity index is 1.72. The Bertz CT molecular complexity index is 990. The molecule has 4 heteroatoms. The Morgan fingerprint density at radius 2 is 1.61 bits per heavy atom. The van der Waals surface area contributed by atoms with Crippen molar-refractivity contribution in [3.8, 4) is 16.8 Å². The lowest BCUT2D eigenvalue weighted by Gasteiger charge is -2.06. The van der Waals surface area contributed by atoms with Crippen LogP contribution < -0.4 is 0 Å². The Morgan fingerprint density at radius 1 is 0.870 bits per heavy atom. The molecule has 2 aromatic carbocycles. The van der Waals surface area contributed by atoms with Crippen LogP contribution in [0.1, 0.15) is 17.2 Å². The SMILES string of the molecule is Cc1cc(C)n(-c2ccc(-c3ccc4nc(C)[nH]c4c3)cc2)n1. The van der Waals surface area contributed by atoms with Crippen LogP contribution in [0.3, 0.4) is 0 Å². The molecular weight excluding hydrogens is 284 g/mol. The van der Waals surface area contributed by atoms with E-state index in [0.29, 0.717) is 0 Å². The first-order chi connectivity index (χ1) is 11.1. The molecule has 0 amide bonds. The molecule has 4 aromatic rings. The van der Waals surface area contributed by atoms with Crippen LogP contribution in [0, 0.1) is 20.8 Å². The van der Waals surface area contributed by atoms with Gasteiger partial charge in [-0.25, -0.2) is 9.67 Å². The Morgan fingerprint density at radius 3 is 2.30 bits per heavy atom. The lowest BCUT2D eigenvalue weighted by Crippen LogP contribution is -1.98. The van der Waals surface area contributed by atoms with E-state index in [4.69, 9.17) is 0 Å². The van der Waals surface area contributed by atoms with Gasteiger partial charge in [0.2, 0.25) is 0 Å². The van der Waals surface area contributed by atoms with Gasteiger partial charge in [0.25, 0.3) is 0 Å². The first-order valence-electron chi connectivity index (χ1n) is 7.70. The molecule has 0 aliphatic heterocycles. The summed E-state index contributed by atoms with van der Waals surface area (Å²) in [4.78, 5) is 7.74. The fourth-order valence-corrected chi connectivity index (χ4v) is 3.00. The van der Waals surface area contributed by atoms with E-state index in [9.17, 15) is 0 Å². The monoisotopic (exact) mass is 302 g/mol. The molecule has 0 fully saturated rings. The van der Waals surface area contributed by atoms with Gasteiger partial charge in [-0.3, -0.25) is 0 Å². The molecule has 4 rings (SSSR count). The van der Waals surface area contributed by atoms with E-state index >= 15 is 0 Å². The molecule has 0 unspecified atom stereocenters. The third-order valence-electron chi connectivity index (χ3n) is 4.06. The molecule has 0 saturated heterocycles. The number of aromatic nitrogens is 4. The van der Waals surface area contributed by atoms with E-state index in [2.05, 4.69) is 70.5 Å². The molecule has 0 aliphatic rings. The van der Waals surface area contributed by atoms with Crippen molar-refractivity contribution in [1.82, 2.24) is 19.7 Å². The summed E-state index contributed by atoms with van der Waals surface area (Å²) in [6.45, 7) is 6.06. The molecule has 23 heavy (non-hydrogen) atoms. The number of imidazole rings is 1. The van der Waals surface area contributed by atoms with Crippen LogP contribution in [0.4, 0.5) is 0 Å². The van der Waals surface area contributed by atoms with E-state index in [1.165, 1.54) is 11.1 Å². The van der Waals surface area contributed by atoms with Crippen molar-refractivity contribution < 1.29 is 0 Å². The highest BCUT2D eigenvalue weighted by molar-refractivity contribution is 5.82. The summed E-state index contributed by atoms with van der Waals surface area (Å²) < 4.78 is 1.97. The number of nitrogens with one attached hydrogen (secondary N) is 1. The maximum atomic E-state index is 4.53. The number of nitrogens with zero attached hydrogens (tertiary/aromatic N) is 3. The minimum absolute atomic E-state index is 0.942. The van der Waals surface area contributed by atoms with Crippen LogP contribution in [0.25, 0.3) is 27.8 Å². The van der Waals surface area contributed by atoms with Crippen LogP contribution in [-0.4, -0.2) is 19.7 Å². The molecule has 1 N–H and O–H groups in total. The largest absolute Gasteiger partial charge is 0.342 e. The van der Waals surface area contributed by atoms with Gasteiger partial charge in [0.15, 0.2) is 0 Å². The Hall–Kier alpha value is -2.88. The minimum Gasteiger partial charge on any atom is -0.342 e. The standard InChI is InChI=1S/C19H18N4/c1-12-10-13(2)23(22-12)17-7-4-15(5-8-17)16-6-9-18-19(11-16)21-14(3)20-18/h4-11H,1-3H3,(H,20,21). The van der Waals surface area contributed by atoms with Gasteiger partial charge in [-0.1, -0.05) is 18.2 Å². The van der Waals surface area contributed by atoms with Gasteiger partial charge in [-0.05, 0) is 62.2 Å². The van der Waals surface area contributed by atoms with Crippen LogP contribution in [0.15, 0.2) is 48.5 Å². The number of aryl methyl sites for hydroxylation is 3. The van der Waals surface area contributed by atoms with Crippen molar-refractivity contribution in [1.29, 1.82) is 0 Å². The number of benzene rings is 2. The summed E-state index contributed by atoms with van der Waals surface area (Å²) in [6.07, 6.45) is 0. The van der Waals surface area contributed by atoms with E-state index in [1.807, 2.05) is 18.5 Å². The quantitative estimate of drug-likeness (QED) is 0.598. The van der Waals surface area contributed by atoms with Crippen molar-refractivity contribution >= 4 is 11.0 Å². The molecular formula is C19H18N4. The third-order valence-corrected chi connectivity index (χ3v) is 4.06. The second kappa shape index (κ2) is 5.09. The summed E-state index contributed by atoms with van der Waals surface area (Å²) in [5.41, 5.74) is 7.70. The number of rotatable bonds is 2. The number of hydrogen-bond acceptors (Lipinski definition) is 2. The van der Waals surface area contributed by atoms with Gasteiger partial charge in [0.1, 0.15) is 5.82 Å². The Kier molecular flexibility index (Phi) is 3.05. The summed E-state index contributed by atoms with van der Waals surface area (Å²) in [7, 11) is 0. The average molecular weight is 302 g/mol. The fraction of sp³-hybridized carbons (Fsp3) is 0.158. The third kappa shape index (κ3) is 2.42. The van der Waals surface area contributed by atoms with Crippen molar-refractivity contribution in [2.75, 3.05) is 0 Å². The predicted octanol–water partition coefficient (Wildman–Crippen LogP) is 4.34. The normalized spacial score (nSPS) is 11.3. The number of fused-ring (bicyclic) bond motifs is 1. The molecule has 114 valence electrons. The summed E-state index contributed by atoms with van der Waals surface area (Å²) >= 11 is 0. The van der Waals surface area contributed by atoms with Gasteiger partial charge in [0.05, 0.1) is 22.4 Å². The van der Waals surface area contributed by atoms with E-state index < -0.39 is 0 Å². The van der Waals surface area contributed by atoms with Crippen LogP contribution in [0.2, 0.25) is 0 Å². The maximum absolute atomic E-state index is 4.53. The molecule has 0 aliphatic carbocycles. The zero-order valence-electron chi connectivity index (χ0n) is 13.5. The minimum atomic E-state index is 0.942. The molecule has 0 saturated carbocycles. The van der Waals surface area contributed by atoms with Crippen molar-refractivity contribution in [3.63, 3.8) is 0 Å². The highest BCUT2D eigenvalue weighted by atomic mass is 15.3. The lowest BCUT2D eigenvalue weighted by atomic mass is 10.0. The van der Waals surface area contributed by atoms with Crippen LogP contribution in [-0.2, 0) is 0 Å². The highest BCUT2D eigenvalue weighted by Gasteiger charge is 2.06. The summed E-state index contributed by atoms with van der Waals surface area (Å²) in [6, 6.07) is 16.9. The van der Waals surface area contributed by atoms with E-state index in [-0.39, 0.29) is 0 Å². The van der Waals surface area contributed by atoms with Gasteiger partial charge < -0.3 is 4.98 Å². The zero-order chi connectivity index (χ0) is 16.0. The molecule has 2 aromatic heterocycles. The summed E-state index contributed by atoms with van der Waals surface area (Å²) in [5, 5.41) is 4.53. The zero-order valence-corrected chi connectivity index (χ0v) is 13.5. The number of H-pyrrole nitrogens is 1.